The van der Waals surface area contributed by atoms with Crippen LogP contribution in [0.3, 0.4) is 0 Å². The molecule has 152 valence electrons. The van der Waals surface area contributed by atoms with Crippen LogP contribution < -0.4 is 5.32 Å². The van der Waals surface area contributed by atoms with Gasteiger partial charge in [-0.25, -0.2) is 0 Å². The van der Waals surface area contributed by atoms with Gasteiger partial charge in [0.05, 0.1) is 32.5 Å². The molecule has 0 radical (unpaired) electrons. The van der Waals surface area contributed by atoms with Gasteiger partial charge < -0.3 is 9.88 Å². The fourth-order valence-corrected chi connectivity index (χ4v) is 3.69. The molecule has 0 unspecified atom stereocenters. The minimum Gasteiger partial charge on any atom is -0.319 e. The van der Waals surface area contributed by atoms with Crippen molar-refractivity contribution < 1.29 is 18.0 Å². The minimum atomic E-state index is -4.52. The summed E-state index contributed by atoms with van der Waals surface area (Å²) in [6, 6.07) is 10.1. The van der Waals surface area contributed by atoms with Crippen LogP contribution in [0.15, 0.2) is 42.5 Å². The van der Waals surface area contributed by atoms with E-state index in [0.29, 0.717) is 16.4 Å². The van der Waals surface area contributed by atoms with Crippen molar-refractivity contribution in [2.75, 3.05) is 5.32 Å². The Kier molecular flexibility index (Phi) is 5.70. The Bertz CT molecular complexity index is 1100. The maximum absolute atomic E-state index is 13.5. The number of hydrogen-bond donors (Lipinski definition) is 1. The van der Waals surface area contributed by atoms with Crippen LogP contribution in [0.4, 0.5) is 18.9 Å². The number of carbonyl (C=O) groups excluding carboxylic acids is 1. The van der Waals surface area contributed by atoms with Crippen molar-refractivity contribution in [3.63, 3.8) is 0 Å². The Balaban J connectivity index is 2.06. The molecule has 0 spiro atoms. The van der Waals surface area contributed by atoms with Gasteiger partial charge in [0.15, 0.2) is 0 Å². The van der Waals surface area contributed by atoms with E-state index >= 15 is 0 Å². The highest BCUT2D eigenvalue weighted by Crippen LogP contribution is 2.36. The first-order valence-electron chi connectivity index (χ1n) is 8.64. The Morgan fingerprint density at radius 2 is 1.69 bits per heavy atom. The standard InChI is InChI=1S/C21H17Cl2F3N2O/c1-11-8-9-16(22)19(18(11)23)27-20(29)14-10-12(2)28(13(14)3)17-7-5-4-6-15(17)21(24,25)26/h4-10H,1-3H3,(H,27,29). The molecule has 29 heavy (non-hydrogen) atoms. The smallest absolute Gasteiger partial charge is 0.319 e. The first kappa shape index (κ1) is 21.3. The second-order valence-corrected chi connectivity index (χ2v) is 7.43. The number of halogens is 5. The molecule has 0 aliphatic rings. The molecular weight excluding hydrogens is 424 g/mol. The number of hydrogen-bond acceptors (Lipinski definition) is 1. The molecule has 1 heterocycles. The zero-order valence-corrected chi connectivity index (χ0v) is 17.3. The monoisotopic (exact) mass is 440 g/mol. The third-order valence-corrected chi connectivity index (χ3v) is 5.45. The third kappa shape index (κ3) is 4.00. The molecule has 0 fully saturated rings. The van der Waals surface area contributed by atoms with E-state index in [-0.39, 0.29) is 22.0 Å². The first-order chi connectivity index (χ1) is 13.5. The van der Waals surface area contributed by atoms with Crippen molar-refractivity contribution in [2.45, 2.75) is 26.9 Å². The van der Waals surface area contributed by atoms with Crippen molar-refractivity contribution >= 4 is 34.8 Å². The number of aromatic nitrogens is 1. The van der Waals surface area contributed by atoms with Crippen LogP contribution in [0.1, 0.15) is 32.9 Å². The maximum atomic E-state index is 13.5. The van der Waals surface area contributed by atoms with E-state index in [2.05, 4.69) is 5.32 Å². The van der Waals surface area contributed by atoms with Crippen LogP contribution in [0, 0.1) is 20.8 Å². The van der Waals surface area contributed by atoms with Gasteiger partial charge in [0, 0.05) is 11.4 Å². The second-order valence-electron chi connectivity index (χ2n) is 6.64. The average molecular weight is 441 g/mol. The van der Waals surface area contributed by atoms with Crippen LogP contribution in [0.25, 0.3) is 5.69 Å². The van der Waals surface area contributed by atoms with E-state index in [1.54, 1.807) is 32.9 Å². The maximum Gasteiger partial charge on any atom is 0.418 e. The van der Waals surface area contributed by atoms with E-state index in [9.17, 15) is 18.0 Å². The quantitative estimate of drug-likeness (QED) is 0.468. The Hall–Kier alpha value is -2.44. The lowest BCUT2D eigenvalue weighted by atomic mass is 10.1. The van der Waals surface area contributed by atoms with E-state index in [1.807, 2.05) is 0 Å². The predicted octanol–water partition coefficient (Wildman–Crippen LogP) is 6.98. The molecule has 0 bridgehead atoms. The van der Waals surface area contributed by atoms with E-state index in [1.165, 1.54) is 28.8 Å². The van der Waals surface area contributed by atoms with Gasteiger partial charge in [0.25, 0.3) is 5.91 Å². The molecule has 1 aromatic heterocycles. The summed E-state index contributed by atoms with van der Waals surface area (Å²) in [5.41, 5.74) is 1.27. The zero-order valence-electron chi connectivity index (χ0n) is 15.8. The number of benzene rings is 2. The van der Waals surface area contributed by atoms with E-state index in [4.69, 9.17) is 23.2 Å². The van der Waals surface area contributed by atoms with Gasteiger partial charge in [-0.15, -0.1) is 0 Å². The summed E-state index contributed by atoms with van der Waals surface area (Å²) in [6.07, 6.45) is -4.52. The highest BCUT2D eigenvalue weighted by atomic mass is 35.5. The zero-order chi connectivity index (χ0) is 21.5. The molecule has 3 rings (SSSR count). The number of nitrogens with one attached hydrogen (secondary N) is 1. The number of rotatable bonds is 3. The predicted molar refractivity (Wildman–Crippen MR) is 109 cm³/mol. The highest BCUT2D eigenvalue weighted by molar-refractivity contribution is 6.40. The van der Waals surface area contributed by atoms with Crippen molar-refractivity contribution in [3.05, 3.63) is 80.6 Å². The number of carbonyl (C=O) groups is 1. The van der Waals surface area contributed by atoms with Crippen LogP contribution in [0.5, 0.6) is 0 Å². The van der Waals surface area contributed by atoms with Crippen molar-refractivity contribution in [1.82, 2.24) is 4.57 Å². The first-order valence-corrected chi connectivity index (χ1v) is 9.39. The van der Waals surface area contributed by atoms with Gasteiger partial charge in [-0.3, -0.25) is 4.79 Å². The number of alkyl halides is 3. The van der Waals surface area contributed by atoms with Crippen LogP contribution in [0.2, 0.25) is 10.0 Å². The average Bonchev–Trinajstić information content (AvgIpc) is 2.95. The molecule has 0 aliphatic carbocycles. The topological polar surface area (TPSA) is 34.0 Å². The molecule has 1 amide bonds. The van der Waals surface area contributed by atoms with Gasteiger partial charge in [-0.1, -0.05) is 41.4 Å². The largest absolute Gasteiger partial charge is 0.418 e. The van der Waals surface area contributed by atoms with Crippen molar-refractivity contribution in [1.29, 1.82) is 0 Å². The van der Waals surface area contributed by atoms with E-state index < -0.39 is 17.6 Å². The summed E-state index contributed by atoms with van der Waals surface area (Å²) >= 11 is 12.4. The van der Waals surface area contributed by atoms with Crippen LogP contribution in [-0.4, -0.2) is 10.5 Å². The van der Waals surface area contributed by atoms with E-state index in [0.717, 1.165) is 11.6 Å². The van der Waals surface area contributed by atoms with Crippen molar-refractivity contribution in [2.24, 2.45) is 0 Å². The van der Waals surface area contributed by atoms with Gasteiger partial charge in [-0.2, -0.15) is 13.2 Å². The minimum absolute atomic E-state index is 0.0410. The third-order valence-electron chi connectivity index (χ3n) is 4.65. The highest BCUT2D eigenvalue weighted by Gasteiger charge is 2.34. The molecule has 2 aromatic carbocycles. The molecular formula is C21H17Cl2F3N2O. The second kappa shape index (κ2) is 7.76. The number of nitrogens with zero attached hydrogens (tertiary/aromatic N) is 1. The fraction of sp³-hybridized carbons (Fsp3) is 0.190. The molecule has 0 saturated carbocycles. The van der Waals surface area contributed by atoms with Crippen LogP contribution >= 0.6 is 23.2 Å². The number of amides is 1. The summed E-state index contributed by atoms with van der Waals surface area (Å²) in [6.45, 7) is 5.01. The SMILES string of the molecule is Cc1ccc(Cl)c(NC(=O)c2cc(C)n(-c3ccccc3C(F)(F)F)c2C)c1Cl. The molecule has 0 saturated heterocycles. The van der Waals surface area contributed by atoms with Gasteiger partial charge in [0.1, 0.15) is 0 Å². The lowest BCUT2D eigenvalue weighted by Gasteiger charge is -2.17. The van der Waals surface area contributed by atoms with Gasteiger partial charge in [-0.05, 0) is 50.6 Å². The molecule has 3 aromatic rings. The number of anilines is 1. The Labute approximate surface area is 176 Å². The molecule has 1 N–H and O–H groups in total. The summed E-state index contributed by atoms with van der Waals surface area (Å²) in [7, 11) is 0. The molecule has 0 aliphatic heterocycles. The molecule has 0 atom stereocenters. The summed E-state index contributed by atoms with van der Waals surface area (Å²) in [5.74, 6) is -0.511. The molecule has 8 heteroatoms. The number of aryl methyl sites for hydroxylation is 2. The summed E-state index contributed by atoms with van der Waals surface area (Å²) in [5, 5.41) is 3.25. The fourth-order valence-electron chi connectivity index (χ4n) is 3.22. The van der Waals surface area contributed by atoms with Gasteiger partial charge >= 0.3 is 6.18 Å². The van der Waals surface area contributed by atoms with Crippen LogP contribution in [-0.2, 0) is 6.18 Å². The van der Waals surface area contributed by atoms with Gasteiger partial charge in [0.2, 0.25) is 0 Å². The lowest BCUT2D eigenvalue weighted by molar-refractivity contribution is -0.137. The summed E-state index contributed by atoms with van der Waals surface area (Å²) in [4.78, 5) is 12.9. The Morgan fingerprint density at radius 3 is 2.34 bits per heavy atom. The molecule has 3 nitrogen and oxygen atoms in total. The van der Waals surface area contributed by atoms with Crippen molar-refractivity contribution in [3.8, 4) is 5.69 Å². The normalized spacial score (nSPS) is 11.6. The summed E-state index contributed by atoms with van der Waals surface area (Å²) < 4.78 is 41.8. The lowest BCUT2D eigenvalue weighted by Crippen LogP contribution is -2.15. The Morgan fingerprint density at radius 1 is 1.03 bits per heavy atom. The number of para-hydroxylation sites is 1.